The number of aliphatic carboxylic acids is 1. The Labute approximate surface area is 181 Å². The van der Waals surface area contributed by atoms with Crippen LogP contribution in [0.5, 0.6) is 0 Å². The molecule has 0 atom stereocenters. The second-order valence-corrected chi connectivity index (χ2v) is 6.94. The van der Waals surface area contributed by atoms with E-state index >= 15 is 0 Å². The fourth-order valence-electron chi connectivity index (χ4n) is 2.62. The first-order chi connectivity index (χ1) is 14.5. The quantitative estimate of drug-likeness (QED) is 0.160. The van der Waals surface area contributed by atoms with Crippen molar-refractivity contribution in [1.82, 2.24) is 4.90 Å². The number of allylic oxidation sites excluding steroid dienone is 8. The fourth-order valence-corrected chi connectivity index (χ4v) is 2.62. The number of nitrogens with zero attached hydrogens (tertiary/aromatic N) is 2. The van der Waals surface area contributed by atoms with Crippen molar-refractivity contribution in [3.8, 4) is 0 Å². The van der Waals surface area contributed by atoms with Crippen LogP contribution in [0.4, 0.5) is 0 Å². The third-order valence-corrected chi connectivity index (χ3v) is 4.32. The van der Waals surface area contributed by atoms with Gasteiger partial charge >= 0.3 is 5.97 Å². The van der Waals surface area contributed by atoms with Gasteiger partial charge < -0.3 is 10.8 Å². The van der Waals surface area contributed by atoms with Gasteiger partial charge in [-0.05, 0) is 44.9 Å². The summed E-state index contributed by atoms with van der Waals surface area (Å²) in [6.45, 7) is 1.76. The van der Waals surface area contributed by atoms with E-state index < -0.39 is 12.5 Å². The van der Waals surface area contributed by atoms with E-state index in [9.17, 15) is 9.59 Å². The Kier molecular flexibility index (Phi) is 18.0. The highest BCUT2D eigenvalue weighted by atomic mass is 16.4. The molecule has 6 heteroatoms. The maximum Gasteiger partial charge on any atom is 0.323 e. The molecule has 0 bridgehead atoms. The van der Waals surface area contributed by atoms with Crippen molar-refractivity contribution >= 4 is 17.8 Å². The van der Waals surface area contributed by atoms with Gasteiger partial charge in [-0.3, -0.25) is 19.5 Å². The molecule has 6 nitrogen and oxygen atoms in total. The monoisotopic (exact) mass is 417 g/mol. The zero-order chi connectivity index (χ0) is 22.5. The summed E-state index contributed by atoms with van der Waals surface area (Å²) in [5.74, 6) is -1.51. The zero-order valence-electron chi connectivity index (χ0n) is 18.6. The predicted molar refractivity (Wildman–Crippen MR) is 125 cm³/mol. The molecule has 0 spiro atoms. The molecule has 0 unspecified atom stereocenters. The van der Waals surface area contributed by atoms with Crippen LogP contribution in [0.3, 0.4) is 0 Å². The SMILES string of the molecule is CCCCC/C=C\C/C=C\C/C=C\C/C=C\CCCC(=O)N(CC(=O)O)C(N)=NC. The molecule has 0 fully saturated rings. The highest BCUT2D eigenvalue weighted by molar-refractivity contribution is 5.98. The first-order valence-electron chi connectivity index (χ1n) is 10.9. The minimum atomic E-state index is -1.12. The maximum absolute atomic E-state index is 12.1. The number of aliphatic imine (C=N–C) groups is 1. The number of rotatable bonds is 16. The number of amides is 1. The van der Waals surface area contributed by atoms with Gasteiger partial charge in [0, 0.05) is 13.5 Å². The van der Waals surface area contributed by atoms with E-state index in [1.54, 1.807) is 0 Å². The Bertz CT molecular complexity index is 619. The zero-order valence-corrected chi connectivity index (χ0v) is 18.6. The smallest absolute Gasteiger partial charge is 0.323 e. The van der Waals surface area contributed by atoms with Crippen LogP contribution in [-0.2, 0) is 9.59 Å². The van der Waals surface area contributed by atoms with Gasteiger partial charge in [0.2, 0.25) is 5.91 Å². The van der Waals surface area contributed by atoms with Crippen LogP contribution in [0.2, 0.25) is 0 Å². The third kappa shape index (κ3) is 16.3. The maximum atomic E-state index is 12.1. The molecule has 0 rings (SSSR count). The molecule has 0 aromatic heterocycles. The molecule has 0 heterocycles. The van der Waals surface area contributed by atoms with Crippen molar-refractivity contribution in [1.29, 1.82) is 0 Å². The molecule has 0 aromatic rings. The molecule has 0 aromatic carbocycles. The van der Waals surface area contributed by atoms with Crippen LogP contribution in [0, 0.1) is 0 Å². The van der Waals surface area contributed by atoms with Crippen LogP contribution in [-0.4, -0.2) is 41.4 Å². The summed E-state index contributed by atoms with van der Waals surface area (Å²) in [6.07, 6.45) is 26.7. The van der Waals surface area contributed by atoms with Gasteiger partial charge in [0.15, 0.2) is 5.96 Å². The molecule has 0 aliphatic carbocycles. The van der Waals surface area contributed by atoms with Crippen molar-refractivity contribution in [3.63, 3.8) is 0 Å². The first-order valence-corrected chi connectivity index (χ1v) is 10.9. The number of hydrogen-bond donors (Lipinski definition) is 2. The van der Waals surface area contributed by atoms with Gasteiger partial charge in [-0.1, -0.05) is 68.4 Å². The van der Waals surface area contributed by atoms with Gasteiger partial charge in [0.1, 0.15) is 6.54 Å². The minimum Gasteiger partial charge on any atom is -0.480 e. The van der Waals surface area contributed by atoms with Gasteiger partial charge in [-0.25, -0.2) is 0 Å². The topological polar surface area (TPSA) is 96.0 Å². The highest BCUT2D eigenvalue weighted by Crippen LogP contribution is 2.04. The van der Waals surface area contributed by atoms with Crippen LogP contribution in [0.1, 0.15) is 71.1 Å². The molecule has 0 saturated heterocycles. The lowest BCUT2D eigenvalue weighted by Crippen LogP contribution is -2.44. The standard InChI is InChI=1S/C24H39N3O3/c1-3-4-5-6-7-8-9-10-11-12-13-14-15-16-17-18-19-20-22(28)27(21-23(29)30)24(25)26-2/h7-8,10-11,13-14,16-17H,3-6,9,12,15,18-21H2,1-2H3,(H2,25,26)(H,29,30)/b8-7-,11-10-,14-13-,17-16-. The van der Waals surface area contributed by atoms with E-state index in [4.69, 9.17) is 10.8 Å². The third-order valence-electron chi connectivity index (χ3n) is 4.32. The van der Waals surface area contributed by atoms with Crippen LogP contribution in [0.15, 0.2) is 53.6 Å². The summed E-state index contributed by atoms with van der Waals surface area (Å²) in [7, 11) is 1.43. The van der Waals surface area contributed by atoms with Gasteiger partial charge in [0.25, 0.3) is 0 Å². The van der Waals surface area contributed by atoms with E-state index in [1.807, 2.05) is 6.08 Å². The molecular weight excluding hydrogens is 378 g/mol. The van der Waals surface area contributed by atoms with Crippen molar-refractivity contribution in [2.75, 3.05) is 13.6 Å². The molecule has 3 N–H and O–H groups in total. The number of carbonyl (C=O) groups excluding carboxylic acids is 1. The van der Waals surface area contributed by atoms with Crippen LogP contribution >= 0.6 is 0 Å². The molecule has 0 aliphatic heterocycles. The average Bonchev–Trinajstić information content (AvgIpc) is 2.73. The Balaban J connectivity index is 3.87. The summed E-state index contributed by atoms with van der Waals surface area (Å²) in [5, 5.41) is 8.87. The fraction of sp³-hybridized carbons (Fsp3) is 0.542. The average molecular weight is 418 g/mol. The second-order valence-electron chi connectivity index (χ2n) is 6.94. The lowest BCUT2D eigenvalue weighted by atomic mass is 10.2. The number of carbonyl (C=O) groups is 2. The Hall–Kier alpha value is -2.63. The molecule has 30 heavy (non-hydrogen) atoms. The summed E-state index contributed by atoms with van der Waals surface area (Å²) in [5.41, 5.74) is 5.59. The molecule has 1 amide bonds. The first kappa shape index (κ1) is 27.4. The van der Waals surface area contributed by atoms with E-state index in [1.165, 1.54) is 32.7 Å². The lowest BCUT2D eigenvalue weighted by molar-refractivity contribution is -0.141. The van der Waals surface area contributed by atoms with Gasteiger partial charge in [-0.15, -0.1) is 0 Å². The second kappa shape index (κ2) is 19.7. The van der Waals surface area contributed by atoms with E-state index in [0.29, 0.717) is 6.42 Å². The highest BCUT2D eigenvalue weighted by Gasteiger charge is 2.19. The Morgan fingerprint density at radius 3 is 1.83 bits per heavy atom. The molecular formula is C24H39N3O3. The number of carboxylic acid groups (broad SMARTS) is 1. The van der Waals surface area contributed by atoms with Crippen molar-refractivity contribution < 1.29 is 14.7 Å². The van der Waals surface area contributed by atoms with Gasteiger partial charge in [0.05, 0.1) is 0 Å². The molecule has 0 aliphatic rings. The lowest BCUT2D eigenvalue weighted by Gasteiger charge is -2.19. The minimum absolute atomic E-state index is 0.0693. The van der Waals surface area contributed by atoms with E-state index in [0.717, 1.165) is 30.6 Å². The number of nitrogens with two attached hydrogens (primary N) is 1. The predicted octanol–water partition coefficient (Wildman–Crippen LogP) is 4.99. The van der Waals surface area contributed by atoms with Crippen molar-refractivity contribution in [3.05, 3.63) is 48.6 Å². The summed E-state index contributed by atoms with van der Waals surface area (Å²) < 4.78 is 0. The van der Waals surface area contributed by atoms with E-state index in [2.05, 4.69) is 54.4 Å². The summed E-state index contributed by atoms with van der Waals surface area (Å²) in [6, 6.07) is 0. The Morgan fingerprint density at radius 1 is 0.867 bits per heavy atom. The number of hydrogen-bond acceptors (Lipinski definition) is 3. The number of guanidine groups is 1. The van der Waals surface area contributed by atoms with Crippen molar-refractivity contribution in [2.45, 2.75) is 71.1 Å². The molecule has 0 radical (unpaired) electrons. The summed E-state index contributed by atoms with van der Waals surface area (Å²) in [4.78, 5) is 27.6. The van der Waals surface area contributed by atoms with Crippen LogP contribution < -0.4 is 5.73 Å². The van der Waals surface area contributed by atoms with Gasteiger partial charge in [-0.2, -0.15) is 0 Å². The normalized spacial score (nSPS) is 12.7. The summed E-state index contributed by atoms with van der Waals surface area (Å²) >= 11 is 0. The number of carboxylic acids is 1. The van der Waals surface area contributed by atoms with Crippen molar-refractivity contribution in [2.24, 2.45) is 10.7 Å². The molecule has 168 valence electrons. The van der Waals surface area contributed by atoms with Crippen LogP contribution in [0.25, 0.3) is 0 Å². The largest absolute Gasteiger partial charge is 0.480 e. The number of unbranched alkanes of at least 4 members (excludes halogenated alkanes) is 4. The molecule has 0 saturated carbocycles. The van der Waals surface area contributed by atoms with E-state index in [-0.39, 0.29) is 18.3 Å². The Morgan fingerprint density at radius 2 is 1.37 bits per heavy atom.